The fraction of sp³-hybridized carbons (Fsp3) is 0.0714. The number of amides is 1. The summed E-state index contributed by atoms with van der Waals surface area (Å²) in [6, 6.07) is 6.37. The maximum atomic E-state index is 13.3. The van der Waals surface area contributed by atoms with Gasteiger partial charge in [-0.1, -0.05) is 11.6 Å². The highest BCUT2D eigenvalue weighted by atomic mass is 35.5. The maximum Gasteiger partial charge on any atom is 0.243 e. The second-order valence-corrected chi connectivity index (χ2v) is 4.56. The van der Waals surface area contributed by atoms with E-state index in [1.54, 1.807) is 0 Å². The lowest BCUT2D eigenvalue weighted by Gasteiger charge is -2.09. The molecule has 3 nitrogen and oxygen atoms in total. The fourth-order valence-corrected chi connectivity index (χ4v) is 1.83. The van der Waals surface area contributed by atoms with Crippen molar-refractivity contribution in [2.24, 2.45) is 0 Å². The molecule has 2 rings (SSSR count). The van der Waals surface area contributed by atoms with E-state index >= 15 is 0 Å². The van der Waals surface area contributed by atoms with E-state index in [9.17, 15) is 18.0 Å². The van der Waals surface area contributed by atoms with Gasteiger partial charge in [0.05, 0.1) is 22.9 Å². The third-order valence-electron chi connectivity index (χ3n) is 2.57. The standard InChI is InChI=1S/C14H10ClF3N2O/c15-10-5-8(16)2-4-12(10)19-7-14(21)20-13-6-9(17)1-3-11(13)18/h1-6,19H,7H2,(H,20,21). The zero-order valence-electron chi connectivity index (χ0n) is 10.6. The molecular weight excluding hydrogens is 305 g/mol. The topological polar surface area (TPSA) is 41.1 Å². The summed E-state index contributed by atoms with van der Waals surface area (Å²) < 4.78 is 39.1. The summed E-state index contributed by atoms with van der Waals surface area (Å²) in [7, 11) is 0. The molecule has 0 radical (unpaired) electrons. The molecule has 0 heterocycles. The highest BCUT2D eigenvalue weighted by molar-refractivity contribution is 6.33. The van der Waals surface area contributed by atoms with Crippen LogP contribution in [0.5, 0.6) is 0 Å². The van der Waals surface area contributed by atoms with Crippen LogP contribution in [0.3, 0.4) is 0 Å². The van der Waals surface area contributed by atoms with Crippen LogP contribution in [0.25, 0.3) is 0 Å². The SMILES string of the molecule is O=C(CNc1ccc(F)cc1Cl)Nc1cc(F)ccc1F. The van der Waals surface area contributed by atoms with Crippen LogP contribution >= 0.6 is 11.6 Å². The summed E-state index contributed by atoms with van der Waals surface area (Å²) in [5, 5.41) is 5.00. The van der Waals surface area contributed by atoms with Crippen molar-refractivity contribution in [2.75, 3.05) is 17.2 Å². The van der Waals surface area contributed by atoms with Gasteiger partial charge in [0.2, 0.25) is 5.91 Å². The van der Waals surface area contributed by atoms with Crippen LogP contribution in [0.4, 0.5) is 24.5 Å². The molecule has 0 unspecified atom stereocenters. The first kappa shape index (κ1) is 15.2. The molecule has 0 aliphatic rings. The molecule has 2 aromatic carbocycles. The summed E-state index contributed by atoms with van der Waals surface area (Å²) in [5.41, 5.74) is 0.0972. The van der Waals surface area contributed by atoms with Crippen LogP contribution in [-0.4, -0.2) is 12.5 Å². The second-order valence-electron chi connectivity index (χ2n) is 4.15. The van der Waals surface area contributed by atoms with Gasteiger partial charge in [0.25, 0.3) is 0 Å². The van der Waals surface area contributed by atoms with Gasteiger partial charge in [-0.25, -0.2) is 13.2 Å². The van der Waals surface area contributed by atoms with E-state index in [0.29, 0.717) is 5.69 Å². The summed E-state index contributed by atoms with van der Waals surface area (Å²) in [5.74, 6) is -2.51. The molecule has 110 valence electrons. The Labute approximate surface area is 123 Å². The van der Waals surface area contributed by atoms with Crippen LogP contribution < -0.4 is 10.6 Å². The van der Waals surface area contributed by atoms with E-state index in [4.69, 9.17) is 11.6 Å². The molecule has 21 heavy (non-hydrogen) atoms. The van der Waals surface area contributed by atoms with E-state index in [0.717, 1.165) is 24.3 Å². The smallest absolute Gasteiger partial charge is 0.243 e. The third-order valence-corrected chi connectivity index (χ3v) is 2.89. The molecule has 2 N–H and O–H groups in total. The molecule has 0 atom stereocenters. The molecule has 7 heteroatoms. The molecule has 1 amide bonds. The Balaban J connectivity index is 1.97. The number of carbonyl (C=O) groups excluding carboxylic acids is 1. The zero-order valence-corrected chi connectivity index (χ0v) is 11.3. The van der Waals surface area contributed by atoms with Gasteiger partial charge in [-0.2, -0.15) is 0 Å². The Hall–Kier alpha value is -2.21. The normalized spacial score (nSPS) is 10.3. The predicted molar refractivity (Wildman–Crippen MR) is 74.9 cm³/mol. The molecule has 0 bridgehead atoms. The first-order chi connectivity index (χ1) is 9.95. The number of hydrogen-bond acceptors (Lipinski definition) is 2. The van der Waals surface area contributed by atoms with Gasteiger partial charge in [-0.3, -0.25) is 4.79 Å². The quantitative estimate of drug-likeness (QED) is 0.901. The van der Waals surface area contributed by atoms with Gasteiger partial charge in [0.15, 0.2) is 0 Å². The largest absolute Gasteiger partial charge is 0.375 e. The highest BCUT2D eigenvalue weighted by Crippen LogP contribution is 2.22. The number of carbonyl (C=O) groups is 1. The van der Waals surface area contributed by atoms with Crippen LogP contribution in [0, 0.1) is 17.5 Å². The van der Waals surface area contributed by atoms with Crippen molar-refractivity contribution in [2.45, 2.75) is 0 Å². The average Bonchev–Trinajstić information content (AvgIpc) is 2.42. The van der Waals surface area contributed by atoms with Gasteiger partial charge < -0.3 is 10.6 Å². The van der Waals surface area contributed by atoms with Crippen molar-refractivity contribution >= 4 is 28.9 Å². The summed E-state index contributed by atoms with van der Waals surface area (Å²) in [4.78, 5) is 11.6. The van der Waals surface area contributed by atoms with E-state index in [-0.39, 0.29) is 17.3 Å². The minimum atomic E-state index is -0.746. The Bertz CT molecular complexity index is 679. The van der Waals surface area contributed by atoms with Gasteiger partial charge >= 0.3 is 0 Å². The van der Waals surface area contributed by atoms with Crippen LogP contribution in [0.2, 0.25) is 5.02 Å². The first-order valence-corrected chi connectivity index (χ1v) is 6.27. The number of halogens is 4. The maximum absolute atomic E-state index is 13.3. The number of nitrogens with one attached hydrogen (secondary N) is 2. The molecule has 0 aromatic heterocycles. The number of benzene rings is 2. The molecular formula is C14H10ClF3N2O. The molecule has 2 aromatic rings. The van der Waals surface area contributed by atoms with Crippen LogP contribution in [0.15, 0.2) is 36.4 Å². The lowest BCUT2D eigenvalue weighted by atomic mass is 10.3. The number of anilines is 2. The van der Waals surface area contributed by atoms with E-state index in [2.05, 4.69) is 10.6 Å². The molecule has 0 aliphatic carbocycles. The van der Waals surface area contributed by atoms with Crippen molar-refractivity contribution < 1.29 is 18.0 Å². The fourth-order valence-electron chi connectivity index (χ4n) is 1.60. The van der Waals surface area contributed by atoms with Gasteiger partial charge in [0, 0.05) is 6.07 Å². The van der Waals surface area contributed by atoms with Crippen molar-refractivity contribution in [3.63, 3.8) is 0 Å². The second kappa shape index (κ2) is 6.49. The molecule has 0 aliphatic heterocycles. The van der Waals surface area contributed by atoms with Crippen molar-refractivity contribution in [3.8, 4) is 0 Å². The van der Waals surface area contributed by atoms with E-state index in [1.165, 1.54) is 12.1 Å². The molecule has 0 spiro atoms. The van der Waals surface area contributed by atoms with Gasteiger partial charge in [-0.05, 0) is 30.3 Å². The Morgan fingerprint density at radius 1 is 1.00 bits per heavy atom. The van der Waals surface area contributed by atoms with E-state index < -0.39 is 23.4 Å². The van der Waals surface area contributed by atoms with Gasteiger partial charge in [-0.15, -0.1) is 0 Å². The first-order valence-electron chi connectivity index (χ1n) is 5.89. The number of hydrogen-bond donors (Lipinski definition) is 2. The Morgan fingerprint density at radius 3 is 2.38 bits per heavy atom. The van der Waals surface area contributed by atoms with Crippen molar-refractivity contribution in [1.82, 2.24) is 0 Å². The molecule has 0 saturated heterocycles. The third kappa shape index (κ3) is 4.13. The highest BCUT2D eigenvalue weighted by Gasteiger charge is 2.09. The van der Waals surface area contributed by atoms with Crippen LogP contribution in [0.1, 0.15) is 0 Å². The van der Waals surface area contributed by atoms with Gasteiger partial charge in [0.1, 0.15) is 17.5 Å². The molecule has 0 saturated carbocycles. The Kier molecular flexibility index (Phi) is 4.70. The minimum absolute atomic E-state index is 0.111. The minimum Gasteiger partial charge on any atom is -0.375 e. The number of rotatable bonds is 4. The summed E-state index contributed by atoms with van der Waals surface area (Å²) in [6.45, 7) is -0.235. The van der Waals surface area contributed by atoms with Crippen molar-refractivity contribution in [1.29, 1.82) is 0 Å². The summed E-state index contributed by atoms with van der Waals surface area (Å²) >= 11 is 5.78. The molecule has 0 fully saturated rings. The predicted octanol–water partition coefficient (Wildman–Crippen LogP) is 3.81. The van der Waals surface area contributed by atoms with Crippen molar-refractivity contribution in [3.05, 3.63) is 58.9 Å². The lowest BCUT2D eigenvalue weighted by molar-refractivity contribution is -0.114. The monoisotopic (exact) mass is 314 g/mol. The van der Waals surface area contributed by atoms with E-state index in [1.807, 2.05) is 0 Å². The average molecular weight is 315 g/mol. The summed E-state index contributed by atoms with van der Waals surface area (Å²) in [6.07, 6.45) is 0. The Morgan fingerprint density at radius 2 is 1.67 bits per heavy atom. The van der Waals surface area contributed by atoms with Crippen LogP contribution in [-0.2, 0) is 4.79 Å². The zero-order chi connectivity index (χ0) is 15.4. The lowest BCUT2D eigenvalue weighted by Crippen LogP contribution is -2.22.